The molecule has 0 spiro atoms. The summed E-state index contributed by atoms with van der Waals surface area (Å²) in [5.74, 6) is 0.630. The molecule has 28 heavy (non-hydrogen) atoms. The van der Waals surface area contributed by atoms with E-state index in [2.05, 4.69) is 39.3 Å². The van der Waals surface area contributed by atoms with Crippen LogP contribution in [-0.4, -0.2) is 15.5 Å². The molecule has 3 heterocycles. The molecule has 0 radical (unpaired) electrons. The van der Waals surface area contributed by atoms with Gasteiger partial charge in [-0.25, -0.2) is 4.98 Å². The molecule has 1 amide bonds. The van der Waals surface area contributed by atoms with E-state index in [4.69, 9.17) is 0 Å². The molecular weight excluding hydrogens is 348 g/mol. The topological polar surface area (TPSA) is 70.7 Å². The van der Waals surface area contributed by atoms with E-state index < -0.39 is 5.41 Å². The minimum Gasteiger partial charge on any atom is -0.340 e. The molecule has 140 valence electrons. The van der Waals surface area contributed by atoms with Gasteiger partial charge in [0.05, 0.1) is 23.4 Å². The molecule has 0 atom stereocenters. The number of carbonyl (C=O) groups is 1. The highest BCUT2D eigenvalue weighted by molar-refractivity contribution is 6.08. The normalized spacial score (nSPS) is 19.0. The first kappa shape index (κ1) is 17.0. The minimum absolute atomic E-state index is 0.0221. The maximum Gasteiger partial charge on any atom is 0.235 e. The van der Waals surface area contributed by atoms with E-state index in [1.165, 1.54) is 0 Å². The lowest BCUT2D eigenvalue weighted by Crippen LogP contribution is -2.39. The van der Waals surface area contributed by atoms with Crippen molar-refractivity contribution in [1.29, 1.82) is 5.26 Å². The van der Waals surface area contributed by atoms with Gasteiger partial charge in [0.15, 0.2) is 0 Å². The first-order valence-corrected chi connectivity index (χ1v) is 9.77. The van der Waals surface area contributed by atoms with E-state index in [1.54, 1.807) is 6.20 Å². The monoisotopic (exact) mass is 370 g/mol. The van der Waals surface area contributed by atoms with Crippen LogP contribution in [-0.2, 0) is 15.7 Å². The summed E-state index contributed by atoms with van der Waals surface area (Å²) in [5, 5.41) is 13.5. The van der Waals surface area contributed by atoms with Crippen molar-refractivity contribution >= 4 is 22.6 Å². The Kier molecular flexibility index (Phi) is 3.45. The Balaban J connectivity index is 1.79. The standard InChI is InChI=1S/C23H22N4O/c1-22(2)19-16(8-13-25-20(19)26-21(22)28)17-14-27(18-7-4-3-6-15(17)18)23(11-12-24)9-5-10-23/h3-4,6-8,13-14H,5,9-11H2,1-2H3,(H,25,26,28). The largest absolute Gasteiger partial charge is 0.340 e. The van der Waals surface area contributed by atoms with Crippen molar-refractivity contribution < 1.29 is 4.79 Å². The molecule has 0 bridgehead atoms. The summed E-state index contributed by atoms with van der Waals surface area (Å²) in [6.07, 6.45) is 7.67. The van der Waals surface area contributed by atoms with Gasteiger partial charge >= 0.3 is 0 Å². The third-order valence-corrected chi connectivity index (χ3v) is 6.58. The van der Waals surface area contributed by atoms with Crippen molar-refractivity contribution in [1.82, 2.24) is 9.55 Å². The Morgan fingerprint density at radius 3 is 2.71 bits per heavy atom. The second-order valence-corrected chi connectivity index (χ2v) is 8.50. The van der Waals surface area contributed by atoms with Gasteiger partial charge in [0, 0.05) is 34.4 Å². The van der Waals surface area contributed by atoms with Crippen molar-refractivity contribution in [2.45, 2.75) is 50.5 Å². The molecular formula is C23H22N4O. The maximum absolute atomic E-state index is 12.5. The zero-order valence-electron chi connectivity index (χ0n) is 16.1. The lowest BCUT2D eigenvalue weighted by molar-refractivity contribution is -0.119. The molecule has 5 heteroatoms. The molecule has 1 aliphatic heterocycles. The first-order valence-electron chi connectivity index (χ1n) is 9.77. The van der Waals surface area contributed by atoms with Gasteiger partial charge in [-0.2, -0.15) is 5.26 Å². The van der Waals surface area contributed by atoms with Crippen LogP contribution in [0.25, 0.3) is 22.0 Å². The second-order valence-electron chi connectivity index (χ2n) is 8.50. The molecule has 3 aromatic rings. The highest BCUT2D eigenvalue weighted by atomic mass is 16.2. The van der Waals surface area contributed by atoms with Gasteiger partial charge in [-0.15, -0.1) is 0 Å². The smallest absolute Gasteiger partial charge is 0.235 e. The number of nitrogens with zero attached hydrogens (tertiary/aromatic N) is 3. The fraction of sp³-hybridized carbons (Fsp3) is 0.348. The fourth-order valence-electron chi connectivity index (χ4n) is 4.81. The number of para-hydroxylation sites is 1. The number of nitrogens with one attached hydrogen (secondary N) is 1. The number of benzene rings is 1. The van der Waals surface area contributed by atoms with E-state index in [-0.39, 0.29) is 11.4 Å². The van der Waals surface area contributed by atoms with Gasteiger partial charge in [-0.05, 0) is 50.8 Å². The van der Waals surface area contributed by atoms with Crippen molar-refractivity contribution in [2.24, 2.45) is 0 Å². The van der Waals surface area contributed by atoms with Crippen LogP contribution >= 0.6 is 0 Å². The zero-order valence-corrected chi connectivity index (χ0v) is 16.1. The first-order chi connectivity index (χ1) is 13.5. The number of amides is 1. The molecule has 0 saturated heterocycles. The summed E-state index contributed by atoms with van der Waals surface area (Å²) in [6, 6.07) is 12.8. The molecule has 0 unspecified atom stereocenters. The van der Waals surface area contributed by atoms with Crippen LogP contribution in [0.3, 0.4) is 0 Å². The highest BCUT2D eigenvalue weighted by Gasteiger charge is 2.43. The second kappa shape index (κ2) is 5.68. The summed E-state index contributed by atoms with van der Waals surface area (Å²) in [6.45, 7) is 3.89. The third kappa shape index (κ3) is 2.12. The Labute approximate surface area is 164 Å². The summed E-state index contributed by atoms with van der Waals surface area (Å²) < 4.78 is 2.31. The number of rotatable bonds is 3. The molecule has 1 aromatic carbocycles. The molecule has 2 aliphatic rings. The maximum atomic E-state index is 12.5. The van der Waals surface area contributed by atoms with Crippen LogP contribution in [0.5, 0.6) is 0 Å². The lowest BCUT2D eigenvalue weighted by atomic mass is 9.74. The van der Waals surface area contributed by atoms with Crippen LogP contribution in [0.1, 0.15) is 45.1 Å². The lowest BCUT2D eigenvalue weighted by Gasteiger charge is -2.42. The average molecular weight is 370 g/mol. The fourth-order valence-corrected chi connectivity index (χ4v) is 4.81. The minimum atomic E-state index is -0.636. The highest BCUT2D eigenvalue weighted by Crippen LogP contribution is 2.48. The Hall–Kier alpha value is -3.13. The number of nitriles is 1. The SMILES string of the molecule is CC1(C)C(=O)Nc2nccc(-c3cn(C4(CC#N)CCC4)c4ccccc34)c21. The summed E-state index contributed by atoms with van der Waals surface area (Å²) in [7, 11) is 0. The molecule has 5 rings (SSSR count). The van der Waals surface area contributed by atoms with Gasteiger partial charge in [0.1, 0.15) is 5.82 Å². The molecule has 5 nitrogen and oxygen atoms in total. The van der Waals surface area contributed by atoms with Crippen LogP contribution in [0.2, 0.25) is 0 Å². The molecule has 2 aromatic heterocycles. The number of fused-ring (bicyclic) bond motifs is 2. The number of aromatic nitrogens is 2. The Bertz CT molecular complexity index is 1160. The number of carbonyl (C=O) groups excluding carboxylic acids is 1. The Morgan fingerprint density at radius 1 is 1.21 bits per heavy atom. The summed E-state index contributed by atoms with van der Waals surface area (Å²) in [5.41, 5.74) is 3.48. The van der Waals surface area contributed by atoms with Crippen LogP contribution in [0.4, 0.5) is 5.82 Å². The van der Waals surface area contributed by atoms with Gasteiger partial charge in [-0.3, -0.25) is 4.79 Å². The van der Waals surface area contributed by atoms with E-state index in [0.29, 0.717) is 12.2 Å². The predicted molar refractivity (Wildman–Crippen MR) is 109 cm³/mol. The van der Waals surface area contributed by atoms with Crippen molar-refractivity contribution in [3.8, 4) is 17.2 Å². The van der Waals surface area contributed by atoms with E-state index >= 15 is 0 Å². The summed E-state index contributed by atoms with van der Waals surface area (Å²) >= 11 is 0. The van der Waals surface area contributed by atoms with Crippen LogP contribution < -0.4 is 5.32 Å². The molecule has 1 N–H and O–H groups in total. The molecule has 1 fully saturated rings. The van der Waals surface area contributed by atoms with Crippen molar-refractivity contribution in [3.63, 3.8) is 0 Å². The van der Waals surface area contributed by atoms with E-state index in [0.717, 1.165) is 46.9 Å². The number of hydrogen-bond acceptors (Lipinski definition) is 3. The molecule has 1 saturated carbocycles. The summed E-state index contributed by atoms with van der Waals surface area (Å²) in [4.78, 5) is 16.9. The van der Waals surface area contributed by atoms with Crippen molar-refractivity contribution in [3.05, 3.63) is 48.3 Å². The van der Waals surface area contributed by atoms with Crippen LogP contribution in [0, 0.1) is 11.3 Å². The van der Waals surface area contributed by atoms with Gasteiger partial charge in [0.25, 0.3) is 0 Å². The van der Waals surface area contributed by atoms with Gasteiger partial charge in [0.2, 0.25) is 5.91 Å². The predicted octanol–water partition coefficient (Wildman–Crippen LogP) is 4.73. The number of anilines is 1. The van der Waals surface area contributed by atoms with Gasteiger partial charge < -0.3 is 9.88 Å². The number of hydrogen-bond donors (Lipinski definition) is 1. The zero-order chi connectivity index (χ0) is 19.5. The Morgan fingerprint density at radius 2 is 2.00 bits per heavy atom. The average Bonchev–Trinajstić information content (AvgIpc) is 3.14. The molecule has 1 aliphatic carbocycles. The van der Waals surface area contributed by atoms with Crippen molar-refractivity contribution in [2.75, 3.05) is 5.32 Å². The van der Waals surface area contributed by atoms with E-state index in [9.17, 15) is 10.1 Å². The quantitative estimate of drug-likeness (QED) is 0.725. The van der Waals surface area contributed by atoms with Gasteiger partial charge in [-0.1, -0.05) is 18.2 Å². The van der Waals surface area contributed by atoms with Crippen LogP contribution in [0.15, 0.2) is 42.7 Å². The van der Waals surface area contributed by atoms with E-state index in [1.807, 2.05) is 32.0 Å². The third-order valence-electron chi connectivity index (χ3n) is 6.58. The number of pyridine rings is 1.